The summed E-state index contributed by atoms with van der Waals surface area (Å²) < 4.78 is 0. The molecule has 1 saturated heterocycles. The normalized spacial score (nSPS) is 17.5. The van der Waals surface area contributed by atoms with E-state index >= 15 is 0 Å². The highest BCUT2D eigenvalue weighted by atomic mass is 35.5. The van der Waals surface area contributed by atoms with Gasteiger partial charge in [-0.05, 0) is 56.5 Å². The predicted molar refractivity (Wildman–Crippen MR) is 92.6 cm³/mol. The van der Waals surface area contributed by atoms with E-state index in [1.54, 1.807) is 6.07 Å². The van der Waals surface area contributed by atoms with Gasteiger partial charge in [-0.3, -0.25) is 4.79 Å². The molecular formula is C17H24Cl2N2O. The lowest BCUT2D eigenvalue weighted by Gasteiger charge is -2.33. The molecule has 1 atom stereocenters. The van der Waals surface area contributed by atoms with Crippen LogP contribution >= 0.6 is 23.2 Å². The van der Waals surface area contributed by atoms with E-state index in [1.165, 1.54) is 0 Å². The average molecular weight is 343 g/mol. The minimum atomic E-state index is -0.0560. The largest absolute Gasteiger partial charge is 0.342 e. The molecule has 3 nitrogen and oxygen atoms in total. The van der Waals surface area contributed by atoms with Crippen molar-refractivity contribution in [3.05, 3.63) is 33.8 Å². The summed E-state index contributed by atoms with van der Waals surface area (Å²) in [5, 5.41) is 4.48. The van der Waals surface area contributed by atoms with Crippen LogP contribution in [0.4, 0.5) is 0 Å². The predicted octanol–water partition coefficient (Wildman–Crippen LogP) is 3.63. The molecule has 2 rings (SSSR count). The van der Waals surface area contributed by atoms with E-state index < -0.39 is 0 Å². The van der Waals surface area contributed by atoms with Gasteiger partial charge in [-0.15, -0.1) is 0 Å². The first-order valence-electron chi connectivity index (χ1n) is 7.88. The fourth-order valence-corrected chi connectivity index (χ4v) is 3.55. The van der Waals surface area contributed by atoms with Crippen molar-refractivity contribution in [2.75, 3.05) is 26.7 Å². The summed E-state index contributed by atoms with van der Waals surface area (Å²) in [5.74, 6) is 0.864. The summed E-state index contributed by atoms with van der Waals surface area (Å²) in [5.41, 5.74) is 0.983. The molecule has 1 aromatic carbocycles. The number of halogens is 2. The molecule has 1 aliphatic heterocycles. The van der Waals surface area contributed by atoms with Crippen LogP contribution in [-0.2, 0) is 11.2 Å². The zero-order valence-corrected chi connectivity index (χ0v) is 14.8. The molecule has 1 N–H and O–H groups in total. The Morgan fingerprint density at radius 1 is 1.36 bits per heavy atom. The topological polar surface area (TPSA) is 32.3 Å². The van der Waals surface area contributed by atoms with Gasteiger partial charge in [-0.25, -0.2) is 0 Å². The Morgan fingerprint density at radius 3 is 2.64 bits per heavy atom. The summed E-state index contributed by atoms with van der Waals surface area (Å²) in [6.45, 7) is 4.75. The second kappa shape index (κ2) is 8.19. The molecule has 0 bridgehead atoms. The number of benzene rings is 1. The Labute approximate surface area is 143 Å². The first-order chi connectivity index (χ1) is 10.5. The van der Waals surface area contributed by atoms with Gasteiger partial charge in [0.15, 0.2) is 0 Å². The van der Waals surface area contributed by atoms with Gasteiger partial charge in [0.2, 0.25) is 5.91 Å². The third-order valence-corrected chi connectivity index (χ3v) is 4.97. The van der Waals surface area contributed by atoms with E-state index in [0.29, 0.717) is 22.4 Å². The van der Waals surface area contributed by atoms with E-state index in [9.17, 15) is 4.79 Å². The molecule has 1 fully saturated rings. The number of likely N-dealkylation sites (tertiary alicyclic amines) is 1. The smallest absolute Gasteiger partial charge is 0.225 e. The molecule has 1 amide bonds. The molecule has 1 unspecified atom stereocenters. The summed E-state index contributed by atoms with van der Waals surface area (Å²) >= 11 is 12.1. The highest BCUT2D eigenvalue weighted by molar-refractivity contribution is 6.35. The maximum absolute atomic E-state index is 12.6. The fourth-order valence-electron chi connectivity index (χ4n) is 3.06. The Balaban J connectivity index is 1.90. The molecule has 0 radical (unpaired) electrons. The van der Waals surface area contributed by atoms with Gasteiger partial charge in [-0.2, -0.15) is 0 Å². The monoisotopic (exact) mass is 342 g/mol. The second-order valence-corrected chi connectivity index (χ2v) is 7.01. The summed E-state index contributed by atoms with van der Waals surface area (Å²) in [6, 6.07) is 5.47. The van der Waals surface area contributed by atoms with E-state index in [-0.39, 0.29) is 11.8 Å². The zero-order valence-electron chi connectivity index (χ0n) is 13.2. The van der Waals surface area contributed by atoms with Crippen LogP contribution < -0.4 is 5.32 Å². The Bertz CT molecular complexity index is 513. The van der Waals surface area contributed by atoms with Crippen LogP contribution in [0.1, 0.15) is 25.3 Å². The van der Waals surface area contributed by atoms with E-state index in [1.807, 2.05) is 31.0 Å². The standard InChI is InChI=1S/C17H24Cl2N2O/c1-12(9-14-3-4-15(18)10-16(14)19)17(22)21-7-5-13(6-8-21)11-20-2/h3-4,10,12-13,20H,5-9,11H2,1-2H3. The van der Waals surface area contributed by atoms with Crippen molar-refractivity contribution in [1.82, 2.24) is 10.2 Å². The molecule has 0 aromatic heterocycles. The van der Waals surface area contributed by atoms with Gasteiger partial charge in [-0.1, -0.05) is 36.2 Å². The molecule has 22 heavy (non-hydrogen) atoms. The van der Waals surface area contributed by atoms with E-state index in [2.05, 4.69) is 5.32 Å². The number of carbonyl (C=O) groups excluding carboxylic acids is 1. The maximum Gasteiger partial charge on any atom is 0.225 e. The van der Waals surface area contributed by atoms with Gasteiger partial charge in [0.1, 0.15) is 0 Å². The molecule has 0 spiro atoms. The first kappa shape index (κ1) is 17.6. The number of nitrogens with one attached hydrogen (secondary N) is 1. The lowest BCUT2D eigenvalue weighted by molar-refractivity contribution is -0.136. The van der Waals surface area contributed by atoms with Gasteiger partial charge >= 0.3 is 0 Å². The average Bonchev–Trinajstić information content (AvgIpc) is 2.50. The SMILES string of the molecule is CNCC1CCN(C(=O)C(C)Cc2ccc(Cl)cc2Cl)CC1. The number of amides is 1. The van der Waals surface area contributed by atoms with Crippen LogP contribution in [-0.4, -0.2) is 37.5 Å². The lowest BCUT2D eigenvalue weighted by Crippen LogP contribution is -2.43. The summed E-state index contributed by atoms with van der Waals surface area (Å²) in [6.07, 6.45) is 2.83. The zero-order chi connectivity index (χ0) is 16.1. The number of rotatable bonds is 5. The Kier molecular flexibility index (Phi) is 6.54. The minimum absolute atomic E-state index is 0.0560. The number of hydrogen-bond donors (Lipinski definition) is 1. The second-order valence-electron chi connectivity index (χ2n) is 6.17. The molecule has 1 heterocycles. The number of piperidine rings is 1. The highest BCUT2D eigenvalue weighted by Crippen LogP contribution is 2.25. The van der Waals surface area contributed by atoms with Crippen LogP contribution in [0.2, 0.25) is 10.0 Å². The molecule has 122 valence electrons. The van der Waals surface area contributed by atoms with Crippen LogP contribution in [0.15, 0.2) is 18.2 Å². The lowest BCUT2D eigenvalue weighted by atomic mass is 9.94. The third-order valence-electron chi connectivity index (χ3n) is 4.38. The van der Waals surface area contributed by atoms with Crippen molar-refractivity contribution in [2.24, 2.45) is 11.8 Å². The molecule has 1 aromatic rings. The van der Waals surface area contributed by atoms with Crippen molar-refractivity contribution < 1.29 is 4.79 Å². The van der Waals surface area contributed by atoms with Gasteiger partial charge in [0.05, 0.1) is 0 Å². The van der Waals surface area contributed by atoms with Crippen molar-refractivity contribution in [2.45, 2.75) is 26.2 Å². The van der Waals surface area contributed by atoms with Gasteiger partial charge in [0.25, 0.3) is 0 Å². The number of hydrogen-bond acceptors (Lipinski definition) is 2. The Hall–Kier alpha value is -0.770. The van der Waals surface area contributed by atoms with Crippen molar-refractivity contribution in [3.8, 4) is 0 Å². The molecule has 0 saturated carbocycles. The van der Waals surface area contributed by atoms with Gasteiger partial charge in [0, 0.05) is 29.1 Å². The minimum Gasteiger partial charge on any atom is -0.342 e. The molecule has 0 aliphatic carbocycles. The van der Waals surface area contributed by atoms with Gasteiger partial charge < -0.3 is 10.2 Å². The van der Waals surface area contributed by atoms with Crippen LogP contribution in [0, 0.1) is 11.8 Å². The molecule has 5 heteroatoms. The molecule has 1 aliphatic rings. The summed E-state index contributed by atoms with van der Waals surface area (Å²) in [4.78, 5) is 14.6. The highest BCUT2D eigenvalue weighted by Gasteiger charge is 2.26. The fraction of sp³-hybridized carbons (Fsp3) is 0.588. The Morgan fingerprint density at radius 2 is 2.05 bits per heavy atom. The first-order valence-corrected chi connectivity index (χ1v) is 8.64. The van der Waals surface area contributed by atoms with E-state index in [4.69, 9.17) is 23.2 Å². The van der Waals surface area contributed by atoms with Crippen molar-refractivity contribution in [1.29, 1.82) is 0 Å². The molecular weight excluding hydrogens is 319 g/mol. The van der Waals surface area contributed by atoms with Crippen LogP contribution in [0.3, 0.4) is 0 Å². The van der Waals surface area contributed by atoms with E-state index in [0.717, 1.165) is 38.0 Å². The van der Waals surface area contributed by atoms with Crippen LogP contribution in [0.5, 0.6) is 0 Å². The number of nitrogens with zero attached hydrogens (tertiary/aromatic N) is 1. The maximum atomic E-state index is 12.6. The summed E-state index contributed by atoms with van der Waals surface area (Å²) in [7, 11) is 1.98. The number of carbonyl (C=O) groups is 1. The quantitative estimate of drug-likeness (QED) is 0.885. The third kappa shape index (κ3) is 4.61. The van der Waals surface area contributed by atoms with Crippen LogP contribution in [0.25, 0.3) is 0 Å². The van der Waals surface area contributed by atoms with Crippen molar-refractivity contribution >= 4 is 29.1 Å². The van der Waals surface area contributed by atoms with Crippen molar-refractivity contribution in [3.63, 3.8) is 0 Å².